The van der Waals surface area contributed by atoms with Crippen molar-refractivity contribution in [3.8, 4) is 0 Å². The molecule has 0 saturated heterocycles. The van der Waals surface area contributed by atoms with Gasteiger partial charge in [-0.1, -0.05) is 30.3 Å². The van der Waals surface area contributed by atoms with Crippen molar-refractivity contribution >= 4 is 32.4 Å². The highest BCUT2D eigenvalue weighted by Crippen LogP contribution is 2.31. The van der Waals surface area contributed by atoms with Crippen LogP contribution >= 0.6 is 0 Å². The van der Waals surface area contributed by atoms with Crippen molar-refractivity contribution in [2.75, 3.05) is 11.6 Å². The van der Waals surface area contributed by atoms with Gasteiger partial charge in [-0.05, 0) is 37.6 Å². The van der Waals surface area contributed by atoms with E-state index in [1.165, 1.54) is 6.26 Å². The van der Waals surface area contributed by atoms with Gasteiger partial charge in [0.05, 0.1) is 10.3 Å². The predicted octanol–water partition coefficient (Wildman–Crippen LogP) is 3.65. The molecule has 24 heavy (non-hydrogen) atoms. The number of hydrogen-bond acceptors (Lipinski definition) is 5. The summed E-state index contributed by atoms with van der Waals surface area (Å²) in [6.07, 6.45) is 3.01. The molecule has 3 rings (SSSR count). The molecule has 0 aliphatic heterocycles. The van der Waals surface area contributed by atoms with E-state index in [0.29, 0.717) is 5.95 Å². The summed E-state index contributed by atoms with van der Waals surface area (Å²) in [6, 6.07) is 15.1. The maximum Gasteiger partial charge on any atom is 0.227 e. The second kappa shape index (κ2) is 5.87. The normalized spacial score (nSPS) is 12.3. The Labute approximate surface area is 141 Å². The molecule has 0 bridgehead atoms. The minimum atomic E-state index is -3.23. The summed E-state index contributed by atoms with van der Waals surface area (Å²) < 4.78 is 23.1. The van der Waals surface area contributed by atoms with Crippen molar-refractivity contribution < 1.29 is 8.42 Å². The van der Waals surface area contributed by atoms with Crippen LogP contribution in [0.15, 0.2) is 54.7 Å². The second-order valence-corrected chi connectivity index (χ2v) is 8.81. The first kappa shape index (κ1) is 16.4. The Kier molecular flexibility index (Phi) is 4.01. The number of para-hydroxylation sites is 1. The lowest BCUT2D eigenvalue weighted by molar-refractivity contribution is 0.561. The lowest BCUT2D eigenvalue weighted by Gasteiger charge is -2.23. The minimum Gasteiger partial charge on any atom is -0.324 e. The van der Waals surface area contributed by atoms with Gasteiger partial charge >= 0.3 is 0 Å². The zero-order valence-corrected chi connectivity index (χ0v) is 14.6. The van der Waals surface area contributed by atoms with Gasteiger partial charge in [0.1, 0.15) is 0 Å². The van der Waals surface area contributed by atoms with Crippen molar-refractivity contribution in [3.05, 3.63) is 60.3 Å². The molecule has 0 unspecified atom stereocenters. The number of fused-ring (bicyclic) bond motifs is 1. The second-order valence-electron chi connectivity index (χ2n) is 6.24. The summed E-state index contributed by atoms with van der Waals surface area (Å²) in [5.41, 5.74) is 2.32. The number of benzene rings is 2. The first-order valence-corrected chi connectivity index (χ1v) is 9.45. The molecule has 0 spiro atoms. The standard InChI is InChI=1S/C18H19N3O2S/c1-18(2,24(3,22)23)14-8-6-9-15(11-14)20-17-19-12-13-7-4-5-10-16(13)21-17/h4-12H,1-3H3,(H,19,20,21). The van der Waals surface area contributed by atoms with Gasteiger partial charge in [-0.25, -0.2) is 18.4 Å². The van der Waals surface area contributed by atoms with Crippen LogP contribution in [0.2, 0.25) is 0 Å². The highest BCUT2D eigenvalue weighted by molar-refractivity contribution is 7.91. The molecule has 2 aromatic carbocycles. The molecule has 1 aromatic heterocycles. The summed E-state index contributed by atoms with van der Waals surface area (Å²) in [7, 11) is -3.23. The third-order valence-electron chi connectivity index (χ3n) is 4.23. The van der Waals surface area contributed by atoms with Crippen LogP contribution in [0.25, 0.3) is 10.9 Å². The molecule has 1 heterocycles. The largest absolute Gasteiger partial charge is 0.324 e. The molecule has 6 heteroatoms. The van der Waals surface area contributed by atoms with Gasteiger partial charge in [0.2, 0.25) is 5.95 Å². The lowest BCUT2D eigenvalue weighted by Crippen LogP contribution is -2.28. The van der Waals surface area contributed by atoms with Gasteiger partial charge in [0, 0.05) is 23.5 Å². The molecule has 0 saturated carbocycles. The molecular weight excluding hydrogens is 322 g/mol. The summed E-state index contributed by atoms with van der Waals surface area (Å²) in [4.78, 5) is 8.77. The molecule has 0 aliphatic rings. The van der Waals surface area contributed by atoms with Crippen molar-refractivity contribution in [2.45, 2.75) is 18.6 Å². The maximum atomic E-state index is 12.0. The number of sulfone groups is 1. The van der Waals surface area contributed by atoms with E-state index in [2.05, 4.69) is 15.3 Å². The fourth-order valence-corrected chi connectivity index (χ4v) is 2.90. The smallest absolute Gasteiger partial charge is 0.227 e. The quantitative estimate of drug-likeness (QED) is 0.784. The van der Waals surface area contributed by atoms with Crippen molar-refractivity contribution in [2.24, 2.45) is 0 Å². The fraction of sp³-hybridized carbons (Fsp3) is 0.222. The highest BCUT2D eigenvalue weighted by Gasteiger charge is 2.32. The van der Waals surface area contributed by atoms with E-state index in [1.54, 1.807) is 20.0 Å². The number of nitrogens with one attached hydrogen (secondary N) is 1. The lowest BCUT2D eigenvalue weighted by atomic mass is 10.0. The molecule has 1 N–H and O–H groups in total. The number of nitrogens with zero attached hydrogens (tertiary/aromatic N) is 2. The van der Waals surface area contributed by atoms with Gasteiger partial charge in [0.15, 0.2) is 9.84 Å². The molecule has 0 radical (unpaired) electrons. The Morgan fingerprint density at radius 1 is 1.04 bits per heavy atom. The van der Waals surface area contributed by atoms with Gasteiger partial charge < -0.3 is 5.32 Å². The first-order valence-electron chi connectivity index (χ1n) is 7.56. The average molecular weight is 341 g/mol. The Morgan fingerprint density at radius 3 is 2.54 bits per heavy atom. The fourth-order valence-electron chi connectivity index (χ4n) is 2.35. The molecule has 124 valence electrons. The van der Waals surface area contributed by atoms with Crippen molar-refractivity contribution in [1.29, 1.82) is 0 Å². The molecular formula is C18H19N3O2S. The molecule has 0 atom stereocenters. The Balaban J connectivity index is 1.94. The van der Waals surface area contributed by atoms with E-state index in [4.69, 9.17) is 0 Å². The van der Waals surface area contributed by atoms with Crippen LogP contribution in [-0.2, 0) is 14.6 Å². The Morgan fingerprint density at radius 2 is 1.79 bits per heavy atom. The minimum absolute atomic E-state index is 0.475. The van der Waals surface area contributed by atoms with Crippen LogP contribution in [0.5, 0.6) is 0 Å². The van der Waals surface area contributed by atoms with Crippen LogP contribution in [-0.4, -0.2) is 24.6 Å². The third kappa shape index (κ3) is 3.10. The van der Waals surface area contributed by atoms with Crippen molar-refractivity contribution in [3.63, 3.8) is 0 Å². The number of anilines is 2. The zero-order valence-electron chi connectivity index (χ0n) is 13.8. The SMILES string of the molecule is CC(C)(c1cccc(Nc2ncc3ccccc3n2)c1)S(C)(=O)=O. The van der Waals surface area contributed by atoms with E-state index >= 15 is 0 Å². The number of hydrogen-bond donors (Lipinski definition) is 1. The highest BCUT2D eigenvalue weighted by atomic mass is 32.2. The third-order valence-corrected chi connectivity index (χ3v) is 6.32. The predicted molar refractivity (Wildman–Crippen MR) is 97.1 cm³/mol. The monoisotopic (exact) mass is 341 g/mol. The summed E-state index contributed by atoms with van der Waals surface area (Å²) in [6.45, 7) is 3.40. The van der Waals surface area contributed by atoms with Crippen LogP contribution < -0.4 is 5.32 Å². The van der Waals surface area contributed by atoms with Crippen LogP contribution in [0.1, 0.15) is 19.4 Å². The van der Waals surface area contributed by atoms with E-state index < -0.39 is 14.6 Å². The van der Waals surface area contributed by atoms with Crippen LogP contribution in [0.3, 0.4) is 0 Å². The first-order chi connectivity index (χ1) is 11.3. The average Bonchev–Trinajstić information content (AvgIpc) is 2.54. The molecule has 3 aromatic rings. The summed E-state index contributed by atoms with van der Waals surface area (Å²) >= 11 is 0. The van der Waals surface area contributed by atoms with Crippen molar-refractivity contribution in [1.82, 2.24) is 9.97 Å². The molecule has 0 amide bonds. The van der Waals surface area contributed by atoms with Gasteiger partial charge in [-0.2, -0.15) is 0 Å². The van der Waals surface area contributed by atoms with Crippen LogP contribution in [0.4, 0.5) is 11.6 Å². The van der Waals surface area contributed by atoms with Gasteiger partial charge in [0.25, 0.3) is 0 Å². The van der Waals surface area contributed by atoms with E-state index in [1.807, 2.05) is 48.5 Å². The van der Waals surface area contributed by atoms with E-state index in [9.17, 15) is 8.42 Å². The van der Waals surface area contributed by atoms with E-state index in [-0.39, 0.29) is 0 Å². The molecule has 0 aliphatic carbocycles. The maximum absolute atomic E-state index is 12.0. The zero-order chi connectivity index (χ0) is 17.4. The van der Waals surface area contributed by atoms with Crippen LogP contribution in [0, 0.1) is 0 Å². The molecule has 5 nitrogen and oxygen atoms in total. The Hall–Kier alpha value is -2.47. The van der Waals surface area contributed by atoms with E-state index in [0.717, 1.165) is 22.2 Å². The van der Waals surface area contributed by atoms with Gasteiger partial charge in [-0.15, -0.1) is 0 Å². The Bertz CT molecular complexity index is 998. The number of rotatable bonds is 4. The van der Waals surface area contributed by atoms with Gasteiger partial charge in [-0.3, -0.25) is 0 Å². The number of aromatic nitrogens is 2. The topological polar surface area (TPSA) is 72.0 Å². The summed E-state index contributed by atoms with van der Waals surface area (Å²) in [5.74, 6) is 0.475. The molecule has 0 fully saturated rings. The summed E-state index contributed by atoms with van der Waals surface area (Å²) in [5, 5.41) is 4.11.